The third-order valence-corrected chi connectivity index (χ3v) is 7.17. The van der Waals surface area contributed by atoms with Crippen molar-refractivity contribution in [2.45, 2.75) is 62.5 Å². The Hall–Kier alpha value is -3.01. The van der Waals surface area contributed by atoms with Gasteiger partial charge < -0.3 is 30.1 Å². The molecule has 36 heavy (non-hydrogen) atoms. The van der Waals surface area contributed by atoms with Crippen LogP contribution in [0.4, 0.5) is 14.9 Å². The van der Waals surface area contributed by atoms with Crippen LogP contribution in [-0.2, 0) is 27.1 Å². The van der Waals surface area contributed by atoms with Crippen LogP contribution in [-0.4, -0.2) is 72.1 Å². The zero-order valence-corrected chi connectivity index (χ0v) is 20.1. The number of ether oxygens (including phenoxy) is 2. The smallest absolute Gasteiger partial charge is 0.322 e. The largest absolute Gasteiger partial charge is 0.389 e. The summed E-state index contributed by atoms with van der Waals surface area (Å²) in [5.74, 6) is -0.426. The lowest BCUT2D eigenvalue weighted by Gasteiger charge is -2.44. The molecule has 0 radical (unpaired) electrons. The summed E-state index contributed by atoms with van der Waals surface area (Å²) in [5, 5.41) is 16.2. The average molecular weight is 498 g/mol. The van der Waals surface area contributed by atoms with Crippen LogP contribution in [0.5, 0.6) is 0 Å². The van der Waals surface area contributed by atoms with E-state index < -0.39 is 18.2 Å². The molecule has 8 nitrogen and oxygen atoms in total. The Morgan fingerprint density at radius 2 is 1.75 bits per heavy atom. The number of hydrogen-bond donors (Lipinski definition) is 3. The van der Waals surface area contributed by atoms with E-state index in [1.54, 1.807) is 4.90 Å². The van der Waals surface area contributed by atoms with Crippen molar-refractivity contribution >= 4 is 17.6 Å². The fourth-order valence-corrected chi connectivity index (χ4v) is 5.46. The molecule has 2 aromatic carbocycles. The van der Waals surface area contributed by atoms with E-state index in [2.05, 4.69) is 22.8 Å². The van der Waals surface area contributed by atoms with Crippen molar-refractivity contribution in [3.8, 4) is 0 Å². The summed E-state index contributed by atoms with van der Waals surface area (Å²) in [6.07, 6.45) is 1.63. The van der Waals surface area contributed by atoms with Crippen molar-refractivity contribution in [1.82, 2.24) is 10.2 Å². The molecule has 0 bridgehead atoms. The van der Waals surface area contributed by atoms with Gasteiger partial charge in [0.15, 0.2) is 0 Å². The van der Waals surface area contributed by atoms with Gasteiger partial charge in [-0.3, -0.25) is 4.79 Å². The van der Waals surface area contributed by atoms with E-state index in [0.717, 1.165) is 12.8 Å². The minimum Gasteiger partial charge on any atom is -0.389 e. The number of carbonyl (C=O) groups is 2. The third kappa shape index (κ3) is 5.86. The number of aliphatic hydroxyl groups is 1. The maximum absolute atomic E-state index is 13.2. The SMILES string of the molecule is O=C(C[C@@H]1CC[C@@H]2[C@H](COC[C@H](O)CN2C(=O)Nc2ccc(F)cc2)O1)NC1Cc2ccccc2C1. The first-order valence-electron chi connectivity index (χ1n) is 12.5. The van der Waals surface area contributed by atoms with Gasteiger partial charge in [0, 0.05) is 11.7 Å². The maximum Gasteiger partial charge on any atom is 0.322 e. The number of aliphatic hydroxyl groups excluding tert-OH is 1. The van der Waals surface area contributed by atoms with Crippen LogP contribution in [0.15, 0.2) is 48.5 Å². The zero-order valence-electron chi connectivity index (χ0n) is 20.1. The Morgan fingerprint density at radius 3 is 2.47 bits per heavy atom. The van der Waals surface area contributed by atoms with Crippen LogP contribution < -0.4 is 10.6 Å². The van der Waals surface area contributed by atoms with Gasteiger partial charge in [-0.2, -0.15) is 0 Å². The number of hydrogen-bond acceptors (Lipinski definition) is 5. The molecule has 0 saturated carbocycles. The Kier molecular flexibility index (Phi) is 7.50. The number of carbonyl (C=O) groups excluding carboxylic acids is 2. The van der Waals surface area contributed by atoms with Gasteiger partial charge in [0.05, 0.1) is 44.4 Å². The molecular formula is C27H32FN3O5. The third-order valence-electron chi connectivity index (χ3n) is 7.17. The minimum atomic E-state index is -0.830. The molecule has 3 N–H and O–H groups in total. The number of urea groups is 1. The summed E-state index contributed by atoms with van der Waals surface area (Å²) >= 11 is 0. The van der Waals surface area contributed by atoms with Crippen LogP contribution in [0, 0.1) is 5.82 Å². The van der Waals surface area contributed by atoms with Gasteiger partial charge in [-0.25, -0.2) is 9.18 Å². The van der Waals surface area contributed by atoms with Gasteiger partial charge in [0.25, 0.3) is 0 Å². The molecule has 2 aliphatic heterocycles. The highest BCUT2D eigenvalue weighted by atomic mass is 19.1. The molecule has 2 saturated heterocycles. The number of fused-ring (bicyclic) bond motifs is 2. The van der Waals surface area contributed by atoms with Crippen molar-refractivity contribution in [3.05, 3.63) is 65.5 Å². The number of rotatable bonds is 4. The van der Waals surface area contributed by atoms with Crippen LogP contribution in [0.1, 0.15) is 30.4 Å². The van der Waals surface area contributed by atoms with E-state index in [0.29, 0.717) is 18.5 Å². The fraction of sp³-hybridized carbons (Fsp3) is 0.481. The van der Waals surface area contributed by atoms with Crippen molar-refractivity contribution in [3.63, 3.8) is 0 Å². The first-order chi connectivity index (χ1) is 17.4. The van der Waals surface area contributed by atoms with Crippen molar-refractivity contribution in [2.24, 2.45) is 0 Å². The highest BCUT2D eigenvalue weighted by Gasteiger charge is 2.40. The molecule has 0 aromatic heterocycles. The first-order valence-corrected chi connectivity index (χ1v) is 12.5. The summed E-state index contributed by atoms with van der Waals surface area (Å²) in [7, 11) is 0. The fourth-order valence-electron chi connectivity index (χ4n) is 5.46. The zero-order chi connectivity index (χ0) is 25.1. The van der Waals surface area contributed by atoms with E-state index >= 15 is 0 Å². The van der Waals surface area contributed by atoms with E-state index in [-0.39, 0.29) is 56.1 Å². The second-order valence-corrected chi connectivity index (χ2v) is 9.87. The monoisotopic (exact) mass is 497 g/mol. The van der Waals surface area contributed by atoms with E-state index in [4.69, 9.17) is 9.47 Å². The van der Waals surface area contributed by atoms with Crippen LogP contribution in [0.3, 0.4) is 0 Å². The molecular weight excluding hydrogens is 465 g/mol. The molecule has 0 unspecified atom stereocenters. The Morgan fingerprint density at radius 1 is 1.03 bits per heavy atom. The van der Waals surface area contributed by atoms with Gasteiger partial charge in [0.1, 0.15) is 11.9 Å². The second-order valence-electron chi connectivity index (χ2n) is 9.87. The Bertz CT molecular complexity index is 1060. The van der Waals surface area contributed by atoms with Gasteiger partial charge in [-0.1, -0.05) is 24.3 Å². The van der Waals surface area contributed by atoms with Crippen LogP contribution >= 0.6 is 0 Å². The quantitative estimate of drug-likeness (QED) is 0.603. The lowest BCUT2D eigenvalue weighted by atomic mass is 9.95. The average Bonchev–Trinajstić information content (AvgIpc) is 3.25. The van der Waals surface area contributed by atoms with Gasteiger partial charge in [-0.15, -0.1) is 0 Å². The predicted molar refractivity (Wildman–Crippen MR) is 131 cm³/mol. The van der Waals surface area contributed by atoms with Gasteiger partial charge >= 0.3 is 6.03 Å². The summed E-state index contributed by atoms with van der Waals surface area (Å²) in [5.41, 5.74) is 3.03. The number of anilines is 1. The summed E-state index contributed by atoms with van der Waals surface area (Å²) in [6.45, 7) is 0.392. The molecule has 2 heterocycles. The number of benzene rings is 2. The number of amides is 3. The van der Waals surface area contributed by atoms with Crippen molar-refractivity contribution < 1.29 is 28.6 Å². The second kappa shape index (κ2) is 10.9. The number of β-amino-alcohol motifs (C(OH)–C–C–N with tert-alkyl or cyclic N) is 1. The number of nitrogens with zero attached hydrogens (tertiary/aromatic N) is 1. The Labute approximate surface area is 209 Å². The highest BCUT2D eigenvalue weighted by Crippen LogP contribution is 2.29. The van der Waals surface area contributed by atoms with E-state index in [9.17, 15) is 19.1 Å². The first kappa shape index (κ1) is 24.7. The normalized spacial score (nSPS) is 26.3. The van der Waals surface area contributed by atoms with Crippen molar-refractivity contribution in [1.29, 1.82) is 0 Å². The molecule has 5 rings (SSSR count). The standard InChI is InChI=1S/C27H32FN3O5/c28-19-5-7-20(8-6-19)30-27(34)31-14-22(32)15-35-16-25-24(31)10-9-23(36-25)13-26(33)29-21-11-17-3-1-2-4-18(17)12-21/h1-8,21-25,32H,9-16H2,(H,29,33)(H,30,34)/t22-,23+,24-,25+/m1/s1. The number of nitrogens with one attached hydrogen (secondary N) is 2. The molecule has 3 aliphatic rings. The molecule has 2 aromatic rings. The minimum absolute atomic E-state index is 0.0376. The molecule has 2 fully saturated rings. The van der Waals surface area contributed by atoms with Crippen molar-refractivity contribution in [2.75, 3.05) is 25.1 Å². The topological polar surface area (TPSA) is 100 Å². The van der Waals surface area contributed by atoms with Crippen LogP contribution in [0.2, 0.25) is 0 Å². The van der Waals surface area contributed by atoms with E-state index in [1.807, 2.05) is 12.1 Å². The molecule has 192 valence electrons. The molecule has 3 amide bonds. The number of halogens is 1. The van der Waals surface area contributed by atoms with E-state index in [1.165, 1.54) is 35.4 Å². The molecule has 9 heteroatoms. The summed E-state index contributed by atoms with van der Waals surface area (Å²) < 4.78 is 25.1. The molecule has 4 atom stereocenters. The molecule has 1 aliphatic carbocycles. The summed E-state index contributed by atoms with van der Waals surface area (Å²) in [6, 6.07) is 13.2. The predicted octanol–water partition coefficient (Wildman–Crippen LogP) is 2.64. The lowest BCUT2D eigenvalue weighted by molar-refractivity contribution is -0.150. The molecule has 0 spiro atoms. The maximum atomic E-state index is 13.2. The van der Waals surface area contributed by atoms with Gasteiger partial charge in [0.2, 0.25) is 5.91 Å². The van der Waals surface area contributed by atoms with Crippen LogP contribution in [0.25, 0.3) is 0 Å². The van der Waals surface area contributed by atoms with Gasteiger partial charge in [-0.05, 0) is 61.1 Å². The highest BCUT2D eigenvalue weighted by molar-refractivity contribution is 5.89. The summed E-state index contributed by atoms with van der Waals surface area (Å²) in [4.78, 5) is 27.5. The Balaban J connectivity index is 1.18. The lowest BCUT2D eigenvalue weighted by Crippen LogP contribution is -2.58.